The second-order valence-electron chi connectivity index (χ2n) is 2.98. The molecule has 0 fully saturated rings. The second-order valence-corrected chi connectivity index (χ2v) is 2.98. The Labute approximate surface area is 61.6 Å². The van der Waals surface area contributed by atoms with E-state index in [9.17, 15) is 0 Å². The van der Waals surface area contributed by atoms with Crippen molar-refractivity contribution >= 4 is 6.21 Å². The summed E-state index contributed by atoms with van der Waals surface area (Å²) < 4.78 is 0. The number of hydrogen-bond donors (Lipinski definition) is 2. The fraction of sp³-hybridized carbons (Fsp3) is 0.625. The quantitative estimate of drug-likeness (QED) is 0.555. The predicted molar refractivity (Wildman–Crippen MR) is 43.2 cm³/mol. The summed E-state index contributed by atoms with van der Waals surface area (Å²) >= 11 is 0. The van der Waals surface area contributed by atoms with Crippen LogP contribution in [0.15, 0.2) is 11.6 Å². The van der Waals surface area contributed by atoms with E-state index in [1.807, 2.05) is 6.92 Å². The summed E-state index contributed by atoms with van der Waals surface area (Å²) in [6, 6.07) is 0.272. The SMILES string of the molecule is C[C@@H](N)C1CC=C(C=N)C1. The van der Waals surface area contributed by atoms with Crippen LogP contribution in [0, 0.1) is 11.3 Å². The lowest BCUT2D eigenvalue weighted by molar-refractivity contribution is 0.471. The Morgan fingerprint density at radius 1 is 1.90 bits per heavy atom. The van der Waals surface area contributed by atoms with E-state index < -0.39 is 0 Å². The van der Waals surface area contributed by atoms with Crippen LogP contribution in [0.1, 0.15) is 19.8 Å². The molecule has 2 nitrogen and oxygen atoms in total. The van der Waals surface area contributed by atoms with Crippen LogP contribution in [0.2, 0.25) is 0 Å². The fourth-order valence-electron chi connectivity index (χ4n) is 1.29. The summed E-state index contributed by atoms with van der Waals surface area (Å²) in [6.07, 6.45) is 5.60. The van der Waals surface area contributed by atoms with Crippen molar-refractivity contribution in [1.82, 2.24) is 0 Å². The van der Waals surface area contributed by atoms with Crippen molar-refractivity contribution in [3.8, 4) is 0 Å². The molecule has 1 unspecified atom stereocenters. The molecule has 0 aromatic heterocycles. The van der Waals surface area contributed by atoms with Crippen molar-refractivity contribution in [2.75, 3.05) is 0 Å². The summed E-state index contributed by atoms with van der Waals surface area (Å²) in [5, 5.41) is 7.00. The monoisotopic (exact) mass is 138 g/mol. The lowest BCUT2D eigenvalue weighted by Crippen LogP contribution is -2.24. The highest BCUT2D eigenvalue weighted by Crippen LogP contribution is 2.25. The molecule has 0 bridgehead atoms. The Kier molecular flexibility index (Phi) is 2.22. The zero-order chi connectivity index (χ0) is 7.56. The average Bonchev–Trinajstić information content (AvgIpc) is 2.34. The van der Waals surface area contributed by atoms with Crippen LogP contribution in [0.4, 0.5) is 0 Å². The number of rotatable bonds is 2. The predicted octanol–water partition coefficient (Wildman–Crippen LogP) is 1.32. The smallest absolute Gasteiger partial charge is 0.0206 e. The maximum Gasteiger partial charge on any atom is 0.0206 e. The molecule has 1 aliphatic carbocycles. The average molecular weight is 138 g/mol. The van der Waals surface area contributed by atoms with Crippen LogP contribution in [-0.2, 0) is 0 Å². The molecule has 1 rings (SSSR count). The minimum Gasteiger partial charge on any atom is -0.328 e. The van der Waals surface area contributed by atoms with Gasteiger partial charge in [-0.25, -0.2) is 0 Å². The van der Waals surface area contributed by atoms with E-state index in [2.05, 4.69) is 6.08 Å². The minimum atomic E-state index is 0.272. The molecule has 0 aromatic rings. The Hall–Kier alpha value is -0.630. The zero-order valence-corrected chi connectivity index (χ0v) is 6.30. The van der Waals surface area contributed by atoms with Crippen LogP contribution in [0.25, 0.3) is 0 Å². The standard InChI is InChI=1S/C8H14N2/c1-6(10)8-3-2-7(4-8)5-9/h2,5-6,8-9H,3-4,10H2,1H3/t6-,8?/m1/s1. The van der Waals surface area contributed by atoms with E-state index >= 15 is 0 Å². The van der Waals surface area contributed by atoms with Gasteiger partial charge in [0.2, 0.25) is 0 Å². The topological polar surface area (TPSA) is 49.9 Å². The van der Waals surface area contributed by atoms with Gasteiger partial charge in [-0.3, -0.25) is 0 Å². The third-order valence-electron chi connectivity index (χ3n) is 2.11. The molecule has 0 heterocycles. The molecule has 2 atom stereocenters. The van der Waals surface area contributed by atoms with E-state index in [0.717, 1.165) is 18.4 Å². The van der Waals surface area contributed by atoms with Gasteiger partial charge in [-0.15, -0.1) is 0 Å². The van der Waals surface area contributed by atoms with Crippen LogP contribution in [0.5, 0.6) is 0 Å². The largest absolute Gasteiger partial charge is 0.328 e. The van der Waals surface area contributed by atoms with Crippen molar-refractivity contribution in [1.29, 1.82) is 5.41 Å². The van der Waals surface area contributed by atoms with E-state index in [4.69, 9.17) is 11.1 Å². The molecular weight excluding hydrogens is 124 g/mol. The summed E-state index contributed by atoms with van der Waals surface area (Å²) in [4.78, 5) is 0. The highest BCUT2D eigenvalue weighted by molar-refractivity contribution is 5.76. The molecule has 3 N–H and O–H groups in total. The van der Waals surface area contributed by atoms with E-state index in [-0.39, 0.29) is 6.04 Å². The molecule has 0 aromatic carbocycles. The summed E-state index contributed by atoms with van der Waals surface area (Å²) in [7, 11) is 0. The molecule has 10 heavy (non-hydrogen) atoms. The van der Waals surface area contributed by atoms with Gasteiger partial charge in [0.05, 0.1) is 0 Å². The van der Waals surface area contributed by atoms with Gasteiger partial charge < -0.3 is 11.1 Å². The molecule has 56 valence electrons. The Bertz CT molecular complexity index is 159. The first kappa shape index (κ1) is 7.48. The number of allylic oxidation sites excluding steroid dienone is 2. The fourth-order valence-corrected chi connectivity index (χ4v) is 1.29. The normalized spacial score (nSPS) is 27.8. The van der Waals surface area contributed by atoms with Gasteiger partial charge in [0.15, 0.2) is 0 Å². The lowest BCUT2D eigenvalue weighted by atomic mass is 9.98. The van der Waals surface area contributed by atoms with Crippen molar-refractivity contribution in [2.24, 2.45) is 11.7 Å². The van der Waals surface area contributed by atoms with Crippen LogP contribution in [-0.4, -0.2) is 12.3 Å². The van der Waals surface area contributed by atoms with Crippen molar-refractivity contribution in [3.63, 3.8) is 0 Å². The molecule has 0 saturated carbocycles. The highest BCUT2D eigenvalue weighted by Gasteiger charge is 2.18. The Morgan fingerprint density at radius 2 is 2.60 bits per heavy atom. The maximum atomic E-state index is 7.00. The summed E-state index contributed by atoms with van der Waals surface area (Å²) in [5.74, 6) is 0.580. The van der Waals surface area contributed by atoms with E-state index in [1.165, 1.54) is 6.21 Å². The van der Waals surface area contributed by atoms with Gasteiger partial charge in [0, 0.05) is 12.3 Å². The molecular formula is C8H14N2. The zero-order valence-electron chi connectivity index (χ0n) is 6.30. The molecule has 0 amide bonds. The van der Waals surface area contributed by atoms with Crippen molar-refractivity contribution in [2.45, 2.75) is 25.8 Å². The van der Waals surface area contributed by atoms with Crippen LogP contribution in [0.3, 0.4) is 0 Å². The van der Waals surface area contributed by atoms with Crippen LogP contribution >= 0.6 is 0 Å². The summed E-state index contributed by atoms with van der Waals surface area (Å²) in [5.41, 5.74) is 6.85. The van der Waals surface area contributed by atoms with Gasteiger partial charge in [0.1, 0.15) is 0 Å². The van der Waals surface area contributed by atoms with Crippen molar-refractivity contribution < 1.29 is 0 Å². The van der Waals surface area contributed by atoms with E-state index in [1.54, 1.807) is 0 Å². The highest BCUT2D eigenvalue weighted by atomic mass is 14.6. The number of nitrogens with two attached hydrogens (primary N) is 1. The molecule has 0 spiro atoms. The van der Waals surface area contributed by atoms with Crippen molar-refractivity contribution in [3.05, 3.63) is 11.6 Å². The molecule has 0 saturated heterocycles. The first-order valence-corrected chi connectivity index (χ1v) is 3.69. The first-order valence-electron chi connectivity index (χ1n) is 3.69. The van der Waals surface area contributed by atoms with Gasteiger partial charge in [-0.05, 0) is 31.3 Å². The van der Waals surface area contributed by atoms with Gasteiger partial charge in [0.25, 0.3) is 0 Å². The van der Waals surface area contributed by atoms with Gasteiger partial charge in [-0.1, -0.05) is 6.08 Å². The van der Waals surface area contributed by atoms with Gasteiger partial charge >= 0.3 is 0 Å². The van der Waals surface area contributed by atoms with E-state index in [0.29, 0.717) is 5.92 Å². The number of hydrogen-bond acceptors (Lipinski definition) is 2. The Balaban J connectivity index is 2.43. The molecule has 2 heteroatoms. The summed E-state index contributed by atoms with van der Waals surface area (Å²) in [6.45, 7) is 2.03. The lowest BCUT2D eigenvalue weighted by Gasteiger charge is -2.12. The van der Waals surface area contributed by atoms with Gasteiger partial charge in [-0.2, -0.15) is 0 Å². The molecule has 1 aliphatic rings. The third kappa shape index (κ3) is 1.45. The molecule has 0 radical (unpaired) electrons. The second kappa shape index (κ2) is 2.97. The Morgan fingerprint density at radius 3 is 2.90 bits per heavy atom. The maximum absolute atomic E-state index is 7.00. The number of nitrogens with one attached hydrogen (secondary N) is 1. The van der Waals surface area contributed by atoms with Crippen LogP contribution < -0.4 is 5.73 Å². The molecule has 0 aliphatic heterocycles. The first-order chi connectivity index (χ1) is 4.74. The minimum absolute atomic E-state index is 0.272. The third-order valence-corrected chi connectivity index (χ3v) is 2.11.